The highest BCUT2D eigenvalue weighted by Gasteiger charge is 2.38. The summed E-state index contributed by atoms with van der Waals surface area (Å²) in [5.41, 5.74) is -3.74. The second-order valence-corrected chi connectivity index (χ2v) is 9.68. The summed E-state index contributed by atoms with van der Waals surface area (Å²) in [4.78, 5) is 12.5. The van der Waals surface area contributed by atoms with Gasteiger partial charge in [0.15, 0.2) is 15.4 Å². The third-order valence-electron chi connectivity index (χ3n) is 4.97. The predicted molar refractivity (Wildman–Crippen MR) is 119 cm³/mol. The third kappa shape index (κ3) is 5.44. The average molecular weight is 488 g/mol. The first-order valence-corrected chi connectivity index (χ1v) is 11.5. The van der Waals surface area contributed by atoms with E-state index in [1.807, 2.05) is 0 Å². The molecule has 0 aromatic heterocycles. The van der Waals surface area contributed by atoms with E-state index in [0.717, 1.165) is 19.1 Å². The van der Waals surface area contributed by atoms with Crippen molar-refractivity contribution in [2.45, 2.75) is 23.6 Å². The number of carbonyl (C=O) groups excluding carboxylic acids is 1. The Bertz CT molecular complexity index is 1360. The summed E-state index contributed by atoms with van der Waals surface area (Å²) >= 11 is 0. The average Bonchev–Trinajstić information content (AvgIpc) is 2.78. The van der Waals surface area contributed by atoms with Gasteiger partial charge in [0.1, 0.15) is 0 Å². The fraction of sp³-hybridized carbons (Fsp3) is 0.167. The van der Waals surface area contributed by atoms with E-state index in [0.29, 0.717) is 17.2 Å². The van der Waals surface area contributed by atoms with Crippen molar-refractivity contribution in [1.82, 2.24) is 0 Å². The minimum atomic E-state index is -4.85. The highest BCUT2D eigenvalue weighted by molar-refractivity contribution is 7.91. The number of nitrogens with zero attached hydrogens (tertiary/aromatic N) is 1. The Labute approximate surface area is 194 Å². The van der Waals surface area contributed by atoms with Crippen LogP contribution in [-0.4, -0.2) is 30.8 Å². The van der Waals surface area contributed by atoms with Gasteiger partial charge in [0.05, 0.1) is 27.8 Å². The molecule has 3 aromatic carbocycles. The summed E-state index contributed by atoms with van der Waals surface area (Å²) in [5, 5.41) is 21.7. The molecule has 10 heteroatoms. The van der Waals surface area contributed by atoms with Crippen LogP contribution in [0.4, 0.5) is 18.9 Å². The molecule has 0 saturated carbocycles. The molecule has 3 rings (SSSR count). The molecule has 0 aliphatic heterocycles. The number of carbonyl (C=O) groups is 1. The first-order chi connectivity index (χ1) is 15.8. The number of sulfone groups is 1. The molecule has 0 bridgehead atoms. The predicted octanol–water partition coefficient (Wildman–Crippen LogP) is 4.41. The SMILES string of the molecule is CC(O)(CS(=O)(=O)c1ccccc1-c1ccccc1)C(=O)Nc1ccc(C#N)c(C(F)(F)F)c1. The maximum Gasteiger partial charge on any atom is 0.417 e. The first-order valence-electron chi connectivity index (χ1n) is 9.87. The minimum absolute atomic E-state index is 0.105. The van der Waals surface area contributed by atoms with E-state index < -0.39 is 44.4 Å². The molecule has 0 radical (unpaired) electrons. The summed E-state index contributed by atoms with van der Waals surface area (Å²) in [6, 6.07) is 18.6. The van der Waals surface area contributed by atoms with Crippen LogP contribution in [-0.2, 0) is 20.8 Å². The van der Waals surface area contributed by atoms with Crippen molar-refractivity contribution in [1.29, 1.82) is 5.26 Å². The van der Waals surface area contributed by atoms with Gasteiger partial charge >= 0.3 is 6.18 Å². The number of amides is 1. The Kier molecular flexibility index (Phi) is 6.82. The number of halogens is 3. The number of hydrogen-bond donors (Lipinski definition) is 2. The zero-order valence-electron chi connectivity index (χ0n) is 17.8. The van der Waals surface area contributed by atoms with Crippen LogP contribution in [0.25, 0.3) is 11.1 Å². The van der Waals surface area contributed by atoms with E-state index in [1.54, 1.807) is 42.5 Å². The van der Waals surface area contributed by atoms with Crippen LogP contribution in [0.3, 0.4) is 0 Å². The summed E-state index contributed by atoms with van der Waals surface area (Å²) in [5.74, 6) is -2.23. The topological polar surface area (TPSA) is 107 Å². The number of aliphatic hydroxyl groups is 1. The Morgan fingerprint density at radius 1 is 1.03 bits per heavy atom. The van der Waals surface area contributed by atoms with Gasteiger partial charge < -0.3 is 10.4 Å². The summed E-state index contributed by atoms with van der Waals surface area (Å²) < 4.78 is 65.8. The van der Waals surface area contributed by atoms with Crippen LogP contribution in [0.2, 0.25) is 0 Å². The van der Waals surface area contributed by atoms with E-state index in [4.69, 9.17) is 5.26 Å². The number of alkyl halides is 3. The monoisotopic (exact) mass is 488 g/mol. The van der Waals surface area contributed by atoms with Crippen molar-refractivity contribution >= 4 is 21.4 Å². The van der Waals surface area contributed by atoms with Gasteiger partial charge in [0.25, 0.3) is 5.91 Å². The van der Waals surface area contributed by atoms with Gasteiger partial charge in [-0.05, 0) is 36.8 Å². The van der Waals surface area contributed by atoms with Gasteiger partial charge in [-0.3, -0.25) is 4.79 Å². The Hall–Kier alpha value is -3.68. The highest BCUT2D eigenvalue weighted by Crippen LogP contribution is 2.34. The van der Waals surface area contributed by atoms with Crippen LogP contribution >= 0.6 is 0 Å². The molecule has 6 nitrogen and oxygen atoms in total. The lowest BCUT2D eigenvalue weighted by Crippen LogP contribution is -2.45. The fourth-order valence-electron chi connectivity index (χ4n) is 3.33. The van der Waals surface area contributed by atoms with Gasteiger partial charge in [-0.25, -0.2) is 8.42 Å². The van der Waals surface area contributed by atoms with Gasteiger partial charge in [0, 0.05) is 11.3 Å². The molecule has 0 fully saturated rings. The number of hydrogen-bond acceptors (Lipinski definition) is 5. The van der Waals surface area contributed by atoms with Crippen molar-refractivity contribution in [3.8, 4) is 17.2 Å². The van der Waals surface area contributed by atoms with Crippen molar-refractivity contribution < 1.29 is 31.5 Å². The van der Waals surface area contributed by atoms with Crippen LogP contribution < -0.4 is 5.32 Å². The molecular formula is C24H19F3N2O4S. The van der Waals surface area contributed by atoms with Crippen molar-refractivity contribution in [2.24, 2.45) is 0 Å². The summed E-state index contributed by atoms with van der Waals surface area (Å²) in [6.45, 7) is 0.958. The Morgan fingerprint density at radius 2 is 1.65 bits per heavy atom. The molecular weight excluding hydrogens is 469 g/mol. The zero-order valence-corrected chi connectivity index (χ0v) is 18.6. The van der Waals surface area contributed by atoms with E-state index in [-0.39, 0.29) is 10.6 Å². The molecule has 0 saturated heterocycles. The summed E-state index contributed by atoms with van der Waals surface area (Å²) in [7, 11) is -4.21. The second kappa shape index (κ2) is 9.29. The smallest absolute Gasteiger partial charge is 0.379 e. The van der Waals surface area contributed by atoms with Crippen LogP contribution in [0.1, 0.15) is 18.1 Å². The number of anilines is 1. The van der Waals surface area contributed by atoms with E-state index in [2.05, 4.69) is 5.32 Å². The lowest BCUT2D eigenvalue weighted by Gasteiger charge is -2.23. The molecule has 0 aliphatic carbocycles. The van der Waals surface area contributed by atoms with Crippen molar-refractivity contribution in [3.05, 3.63) is 83.9 Å². The largest absolute Gasteiger partial charge is 0.417 e. The van der Waals surface area contributed by atoms with Gasteiger partial charge in [-0.15, -0.1) is 0 Å². The van der Waals surface area contributed by atoms with E-state index in [9.17, 15) is 31.5 Å². The first kappa shape index (κ1) is 25.0. The second-order valence-electron chi connectivity index (χ2n) is 7.72. The lowest BCUT2D eigenvalue weighted by atomic mass is 10.1. The minimum Gasteiger partial charge on any atom is -0.379 e. The highest BCUT2D eigenvalue weighted by atomic mass is 32.2. The van der Waals surface area contributed by atoms with Crippen LogP contribution in [0.5, 0.6) is 0 Å². The molecule has 34 heavy (non-hydrogen) atoms. The number of benzene rings is 3. The molecule has 1 amide bonds. The van der Waals surface area contributed by atoms with Gasteiger partial charge in [-0.1, -0.05) is 48.5 Å². The quantitative estimate of drug-likeness (QED) is 0.535. The standard InChI is InChI=1S/C24H19F3N2O4S/c1-23(31,22(30)29-18-12-11-17(14-28)20(13-18)24(25,26)27)15-34(32,33)21-10-6-5-9-19(21)16-7-3-2-4-8-16/h2-13,31H,15H2,1H3,(H,29,30). The molecule has 0 aliphatic rings. The number of rotatable bonds is 6. The number of nitriles is 1. The van der Waals surface area contributed by atoms with Gasteiger partial charge in [0.2, 0.25) is 0 Å². The van der Waals surface area contributed by atoms with E-state index in [1.165, 1.54) is 18.2 Å². The molecule has 0 heterocycles. The maximum absolute atomic E-state index is 13.2. The van der Waals surface area contributed by atoms with E-state index >= 15 is 0 Å². The Balaban J connectivity index is 1.88. The molecule has 3 aromatic rings. The molecule has 1 unspecified atom stereocenters. The van der Waals surface area contributed by atoms with Crippen LogP contribution in [0, 0.1) is 11.3 Å². The van der Waals surface area contributed by atoms with Gasteiger partial charge in [-0.2, -0.15) is 18.4 Å². The molecule has 0 spiro atoms. The lowest BCUT2D eigenvalue weighted by molar-refractivity contribution is -0.137. The maximum atomic E-state index is 13.2. The Morgan fingerprint density at radius 3 is 2.26 bits per heavy atom. The van der Waals surface area contributed by atoms with Crippen molar-refractivity contribution in [2.75, 3.05) is 11.1 Å². The zero-order chi connectivity index (χ0) is 25.1. The fourth-order valence-corrected chi connectivity index (χ4v) is 5.16. The molecule has 176 valence electrons. The summed E-state index contributed by atoms with van der Waals surface area (Å²) in [6.07, 6.45) is -4.85. The molecule has 2 N–H and O–H groups in total. The third-order valence-corrected chi connectivity index (χ3v) is 6.94. The number of nitrogens with one attached hydrogen (secondary N) is 1. The molecule has 1 atom stereocenters. The van der Waals surface area contributed by atoms with Crippen LogP contribution in [0.15, 0.2) is 77.7 Å². The van der Waals surface area contributed by atoms with Crippen molar-refractivity contribution in [3.63, 3.8) is 0 Å². The normalized spacial score (nSPS) is 13.5.